The first-order valence-corrected chi connectivity index (χ1v) is 7.07. The van der Waals surface area contributed by atoms with Crippen molar-refractivity contribution in [1.82, 2.24) is 30.0 Å². The Labute approximate surface area is 116 Å². The minimum atomic E-state index is -4.53. The Morgan fingerprint density at radius 1 is 1.20 bits per heavy atom. The largest absolute Gasteiger partial charge is 0.453 e. The summed E-state index contributed by atoms with van der Waals surface area (Å²) in [7, 11) is 0. The van der Waals surface area contributed by atoms with Crippen LogP contribution in [0.15, 0.2) is 0 Å². The fraction of sp³-hybridized carbons (Fsp3) is 0.700. The Morgan fingerprint density at radius 2 is 2.05 bits per heavy atom. The first-order valence-electron chi connectivity index (χ1n) is 6.25. The molecule has 1 N–H and O–H groups in total. The maximum atomic E-state index is 12.7. The number of hydrogen-bond acceptors (Lipinski definition) is 6. The lowest BCUT2D eigenvalue weighted by Crippen LogP contribution is -2.27. The van der Waals surface area contributed by atoms with Crippen LogP contribution in [0.1, 0.15) is 17.3 Å². The van der Waals surface area contributed by atoms with Crippen molar-refractivity contribution in [3.05, 3.63) is 10.8 Å². The average molecular weight is 306 g/mol. The predicted octanol–water partition coefficient (Wildman–Crippen LogP) is 1.000. The minimum absolute atomic E-state index is 0.181. The second-order valence-corrected chi connectivity index (χ2v) is 5.63. The van der Waals surface area contributed by atoms with Gasteiger partial charge in [0.25, 0.3) is 5.82 Å². The highest BCUT2D eigenvalue weighted by atomic mass is 32.1. The van der Waals surface area contributed by atoms with E-state index in [1.807, 2.05) is 0 Å². The van der Waals surface area contributed by atoms with Crippen LogP contribution in [-0.4, -0.2) is 50.9 Å². The molecule has 10 heteroatoms. The first-order chi connectivity index (χ1) is 9.54. The lowest BCUT2D eigenvalue weighted by Gasteiger charge is -2.17. The van der Waals surface area contributed by atoms with Crippen molar-refractivity contribution in [1.29, 1.82) is 0 Å². The second kappa shape index (κ2) is 5.26. The van der Waals surface area contributed by atoms with Gasteiger partial charge in [-0.1, -0.05) is 11.3 Å². The molecule has 0 aromatic carbocycles. The summed E-state index contributed by atoms with van der Waals surface area (Å²) < 4.78 is 38.9. The van der Waals surface area contributed by atoms with Crippen LogP contribution in [0.2, 0.25) is 0 Å². The van der Waals surface area contributed by atoms with Crippen LogP contribution in [0, 0.1) is 0 Å². The van der Waals surface area contributed by atoms with E-state index in [-0.39, 0.29) is 4.96 Å². The van der Waals surface area contributed by atoms with Crippen molar-refractivity contribution in [2.75, 3.05) is 26.2 Å². The molecule has 0 amide bonds. The summed E-state index contributed by atoms with van der Waals surface area (Å²) in [5, 5.41) is 14.6. The van der Waals surface area contributed by atoms with Gasteiger partial charge in [0.1, 0.15) is 5.01 Å². The Morgan fingerprint density at radius 3 is 2.85 bits per heavy atom. The molecule has 3 rings (SSSR count). The zero-order chi connectivity index (χ0) is 14.2. The minimum Gasteiger partial charge on any atom is -0.315 e. The number of halogens is 3. The number of hydrogen-bond donors (Lipinski definition) is 1. The molecule has 20 heavy (non-hydrogen) atoms. The van der Waals surface area contributed by atoms with Crippen molar-refractivity contribution >= 4 is 16.3 Å². The normalized spacial score (nSPS) is 18.6. The van der Waals surface area contributed by atoms with Crippen molar-refractivity contribution in [2.45, 2.75) is 19.1 Å². The fourth-order valence-electron chi connectivity index (χ4n) is 2.15. The monoisotopic (exact) mass is 306 g/mol. The van der Waals surface area contributed by atoms with E-state index in [1.54, 1.807) is 0 Å². The van der Waals surface area contributed by atoms with Crippen molar-refractivity contribution < 1.29 is 13.2 Å². The summed E-state index contributed by atoms with van der Waals surface area (Å²) in [4.78, 5) is 2.36. The van der Waals surface area contributed by atoms with Gasteiger partial charge in [0.2, 0.25) is 4.96 Å². The van der Waals surface area contributed by atoms with Gasteiger partial charge < -0.3 is 5.32 Å². The molecule has 0 aliphatic carbocycles. The molecule has 0 unspecified atom stereocenters. The molecule has 0 saturated carbocycles. The summed E-state index contributed by atoms with van der Waals surface area (Å²) in [5.41, 5.74) is 0. The molecular formula is C10H13F3N6S. The number of alkyl halides is 3. The number of fused-ring (bicyclic) bond motifs is 1. The Balaban J connectivity index is 1.80. The standard InChI is InChI=1S/C10H13F3N6S/c11-10(12,13)8-15-16-9-19(8)17-7(20-9)6-18-4-1-2-14-3-5-18/h14H,1-6H2. The summed E-state index contributed by atoms with van der Waals surface area (Å²) in [6, 6.07) is 0. The van der Waals surface area contributed by atoms with E-state index < -0.39 is 12.0 Å². The average Bonchev–Trinajstić information content (AvgIpc) is 2.80. The quantitative estimate of drug-likeness (QED) is 0.897. The van der Waals surface area contributed by atoms with Crippen LogP contribution < -0.4 is 5.32 Å². The number of aromatic nitrogens is 4. The smallest absolute Gasteiger partial charge is 0.315 e. The highest BCUT2D eigenvalue weighted by Gasteiger charge is 2.38. The predicted molar refractivity (Wildman–Crippen MR) is 66.4 cm³/mol. The van der Waals surface area contributed by atoms with Crippen LogP contribution >= 0.6 is 11.3 Å². The molecule has 2 aromatic heterocycles. The molecule has 6 nitrogen and oxygen atoms in total. The van der Waals surface area contributed by atoms with Gasteiger partial charge in [0.15, 0.2) is 0 Å². The SMILES string of the molecule is FC(F)(F)c1nnc2sc(CN3CCCNCC3)nn12. The third-order valence-corrected chi connectivity index (χ3v) is 3.96. The van der Waals surface area contributed by atoms with Crippen LogP contribution in [0.25, 0.3) is 4.96 Å². The van der Waals surface area contributed by atoms with Crippen LogP contribution in [0.3, 0.4) is 0 Å². The van der Waals surface area contributed by atoms with Crippen LogP contribution in [-0.2, 0) is 12.7 Å². The van der Waals surface area contributed by atoms with E-state index in [2.05, 4.69) is 25.5 Å². The third-order valence-electron chi connectivity index (χ3n) is 3.08. The molecule has 110 valence electrons. The molecule has 0 spiro atoms. The van der Waals surface area contributed by atoms with E-state index in [9.17, 15) is 13.2 Å². The van der Waals surface area contributed by atoms with E-state index in [0.717, 1.165) is 48.5 Å². The summed E-state index contributed by atoms with van der Waals surface area (Å²) in [6.07, 6.45) is -3.50. The van der Waals surface area contributed by atoms with Crippen LogP contribution in [0.5, 0.6) is 0 Å². The highest BCUT2D eigenvalue weighted by molar-refractivity contribution is 7.16. The van der Waals surface area contributed by atoms with E-state index in [1.165, 1.54) is 0 Å². The maximum Gasteiger partial charge on any atom is 0.453 e. The van der Waals surface area contributed by atoms with E-state index in [0.29, 0.717) is 11.6 Å². The molecule has 1 saturated heterocycles. The van der Waals surface area contributed by atoms with E-state index >= 15 is 0 Å². The van der Waals surface area contributed by atoms with Gasteiger partial charge >= 0.3 is 6.18 Å². The van der Waals surface area contributed by atoms with Gasteiger partial charge in [0.05, 0.1) is 6.54 Å². The topological polar surface area (TPSA) is 58.4 Å². The van der Waals surface area contributed by atoms with Gasteiger partial charge in [-0.3, -0.25) is 4.90 Å². The molecule has 1 aliphatic rings. The van der Waals surface area contributed by atoms with Gasteiger partial charge in [-0.05, 0) is 19.5 Å². The molecule has 0 radical (unpaired) electrons. The molecule has 0 atom stereocenters. The Kier molecular flexibility index (Phi) is 3.61. The number of nitrogens with one attached hydrogen (secondary N) is 1. The fourth-order valence-corrected chi connectivity index (χ4v) is 3.02. The number of rotatable bonds is 2. The molecule has 1 fully saturated rings. The molecule has 1 aliphatic heterocycles. The zero-order valence-electron chi connectivity index (χ0n) is 10.5. The molecule has 2 aromatic rings. The molecule has 3 heterocycles. The van der Waals surface area contributed by atoms with Crippen molar-refractivity contribution in [2.24, 2.45) is 0 Å². The Bertz CT molecular complexity index is 583. The number of nitrogens with zero attached hydrogens (tertiary/aromatic N) is 5. The Hall–Kier alpha value is -1.26. The summed E-state index contributed by atoms with van der Waals surface area (Å²) in [6.45, 7) is 4.19. The maximum absolute atomic E-state index is 12.7. The molecular weight excluding hydrogens is 293 g/mol. The van der Waals surface area contributed by atoms with Crippen molar-refractivity contribution in [3.63, 3.8) is 0 Å². The highest BCUT2D eigenvalue weighted by Crippen LogP contribution is 2.29. The van der Waals surface area contributed by atoms with Gasteiger partial charge in [-0.25, -0.2) is 0 Å². The summed E-state index contributed by atoms with van der Waals surface area (Å²) >= 11 is 1.15. The third kappa shape index (κ3) is 2.76. The lowest BCUT2D eigenvalue weighted by atomic mass is 10.4. The summed E-state index contributed by atoms with van der Waals surface area (Å²) in [5.74, 6) is -1.06. The lowest BCUT2D eigenvalue weighted by molar-refractivity contribution is -0.146. The first kappa shape index (κ1) is 13.7. The van der Waals surface area contributed by atoms with Gasteiger partial charge in [-0.2, -0.15) is 22.8 Å². The van der Waals surface area contributed by atoms with Crippen LogP contribution in [0.4, 0.5) is 13.2 Å². The van der Waals surface area contributed by atoms with Crippen molar-refractivity contribution in [3.8, 4) is 0 Å². The van der Waals surface area contributed by atoms with Gasteiger partial charge in [0, 0.05) is 13.1 Å². The molecule has 0 bridgehead atoms. The van der Waals surface area contributed by atoms with E-state index in [4.69, 9.17) is 0 Å². The second-order valence-electron chi connectivity index (χ2n) is 4.59. The van der Waals surface area contributed by atoms with Gasteiger partial charge in [-0.15, -0.1) is 10.2 Å². The zero-order valence-corrected chi connectivity index (χ0v) is 11.3.